The quantitative estimate of drug-likeness (QED) is 0.345. The smallest absolute Gasteiger partial charge is 0.233 e. The summed E-state index contributed by atoms with van der Waals surface area (Å²) in [6.07, 6.45) is 7.06. The number of carbonyl (C=O) groups is 1. The van der Waals surface area contributed by atoms with Crippen LogP contribution in [0.3, 0.4) is 0 Å². The Morgan fingerprint density at radius 3 is 2.81 bits per heavy atom. The molecule has 5 aromatic rings. The fourth-order valence-electron chi connectivity index (χ4n) is 3.73. The van der Waals surface area contributed by atoms with Crippen LogP contribution in [0.25, 0.3) is 32.6 Å². The number of hydrogen-bond acceptors (Lipinski definition) is 5. The number of H-pyrrole nitrogens is 1. The molecule has 154 valence electrons. The van der Waals surface area contributed by atoms with Crippen LogP contribution in [0, 0.1) is 0 Å². The van der Waals surface area contributed by atoms with Gasteiger partial charge in [-0.25, -0.2) is 4.98 Å². The molecule has 1 unspecified atom stereocenters. The first-order valence-electron chi connectivity index (χ1n) is 9.89. The molecule has 6 nitrogen and oxygen atoms in total. The van der Waals surface area contributed by atoms with Crippen molar-refractivity contribution < 1.29 is 9.21 Å². The van der Waals surface area contributed by atoms with Gasteiger partial charge in [0.05, 0.1) is 23.4 Å². The summed E-state index contributed by atoms with van der Waals surface area (Å²) in [7, 11) is 0. The van der Waals surface area contributed by atoms with E-state index in [1.54, 1.807) is 18.7 Å². The first-order valence-corrected chi connectivity index (χ1v) is 10.7. The van der Waals surface area contributed by atoms with Crippen LogP contribution >= 0.6 is 11.3 Å². The van der Waals surface area contributed by atoms with Gasteiger partial charge in [-0.1, -0.05) is 30.3 Å². The van der Waals surface area contributed by atoms with Crippen LogP contribution < -0.4 is 11.1 Å². The van der Waals surface area contributed by atoms with Gasteiger partial charge in [0.2, 0.25) is 5.91 Å². The van der Waals surface area contributed by atoms with Crippen LogP contribution in [-0.4, -0.2) is 22.4 Å². The van der Waals surface area contributed by atoms with Crippen LogP contribution in [-0.2, 0) is 4.79 Å². The summed E-state index contributed by atoms with van der Waals surface area (Å²) >= 11 is 1.51. The average molecular weight is 429 g/mol. The molecule has 5 rings (SSSR count). The summed E-state index contributed by atoms with van der Waals surface area (Å²) in [6, 6.07) is 17.5. The van der Waals surface area contributed by atoms with E-state index >= 15 is 0 Å². The predicted molar refractivity (Wildman–Crippen MR) is 124 cm³/mol. The molecule has 0 saturated carbocycles. The molecule has 4 heterocycles. The summed E-state index contributed by atoms with van der Waals surface area (Å²) in [6.45, 7) is 0.233. The zero-order valence-corrected chi connectivity index (χ0v) is 17.4. The molecule has 0 bridgehead atoms. The van der Waals surface area contributed by atoms with Gasteiger partial charge in [0.15, 0.2) is 0 Å². The van der Waals surface area contributed by atoms with E-state index in [0.29, 0.717) is 0 Å². The van der Waals surface area contributed by atoms with Crippen LogP contribution in [0.15, 0.2) is 83.9 Å². The highest BCUT2D eigenvalue weighted by Crippen LogP contribution is 2.44. The first kappa shape index (κ1) is 19.3. The van der Waals surface area contributed by atoms with Crippen LogP contribution in [0.4, 0.5) is 5.00 Å². The Labute approximate surface area is 182 Å². The molecule has 0 radical (unpaired) electrons. The van der Waals surface area contributed by atoms with Crippen molar-refractivity contribution >= 4 is 33.3 Å². The maximum atomic E-state index is 13.0. The number of nitrogens with one attached hydrogen (secondary N) is 2. The Morgan fingerprint density at radius 2 is 2.03 bits per heavy atom. The average Bonchev–Trinajstić information content (AvgIpc) is 3.54. The van der Waals surface area contributed by atoms with E-state index in [1.165, 1.54) is 11.3 Å². The van der Waals surface area contributed by atoms with E-state index in [-0.39, 0.29) is 12.5 Å². The lowest BCUT2D eigenvalue weighted by atomic mass is 9.98. The number of hydrogen-bond donors (Lipinski definition) is 3. The summed E-state index contributed by atoms with van der Waals surface area (Å²) < 4.78 is 5.32. The van der Waals surface area contributed by atoms with E-state index in [4.69, 9.17) is 10.2 Å². The van der Waals surface area contributed by atoms with Crippen molar-refractivity contribution in [2.24, 2.45) is 5.73 Å². The minimum Gasteiger partial charge on any atom is -0.472 e. The highest BCUT2D eigenvalue weighted by Gasteiger charge is 2.22. The molecular formula is C24H20N4O2S. The standard InChI is InChI=1S/C24H20N4O2S/c25-12-19(15-5-2-1-3-6-15)24(29)28-21-11-18(22(31-21)16-8-10-30-14-16)20-13-27-23-17(20)7-4-9-26-23/h1-11,13-14,19H,12,25H2,(H,26,27)(H,28,29). The normalized spacial score (nSPS) is 12.2. The number of amides is 1. The number of thiophene rings is 1. The van der Waals surface area contributed by atoms with Crippen LogP contribution in [0.1, 0.15) is 11.5 Å². The van der Waals surface area contributed by atoms with Gasteiger partial charge in [-0.15, -0.1) is 11.3 Å². The maximum absolute atomic E-state index is 13.0. The van der Waals surface area contributed by atoms with Gasteiger partial charge in [0, 0.05) is 45.9 Å². The highest BCUT2D eigenvalue weighted by molar-refractivity contribution is 7.20. The van der Waals surface area contributed by atoms with E-state index in [9.17, 15) is 4.79 Å². The molecule has 0 spiro atoms. The number of fused-ring (bicyclic) bond motifs is 1. The van der Waals surface area contributed by atoms with Gasteiger partial charge in [-0.3, -0.25) is 4.79 Å². The van der Waals surface area contributed by atoms with E-state index in [0.717, 1.165) is 43.2 Å². The van der Waals surface area contributed by atoms with Gasteiger partial charge in [-0.05, 0) is 29.8 Å². The summed E-state index contributed by atoms with van der Waals surface area (Å²) in [4.78, 5) is 21.7. The van der Waals surface area contributed by atoms with Crippen molar-refractivity contribution in [1.82, 2.24) is 9.97 Å². The summed E-state index contributed by atoms with van der Waals surface area (Å²) in [5, 5.41) is 4.84. The van der Waals surface area contributed by atoms with Crippen molar-refractivity contribution in [1.29, 1.82) is 0 Å². The van der Waals surface area contributed by atoms with Gasteiger partial charge in [0.1, 0.15) is 5.65 Å². The third-order valence-corrected chi connectivity index (χ3v) is 6.36. The fraction of sp³-hybridized carbons (Fsp3) is 0.0833. The number of anilines is 1. The third-order valence-electron chi connectivity index (χ3n) is 5.26. The Hall–Kier alpha value is -3.68. The number of benzene rings is 1. The third kappa shape index (κ3) is 3.65. The highest BCUT2D eigenvalue weighted by atomic mass is 32.1. The Balaban J connectivity index is 1.53. The molecule has 0 saturated heterocycles. The monoisotopic (exact) mass is 428 g/mol. The van der Waals surface area contributed by atoms with E-state index in [2.05, 4.69) is 15.3 Å². The zero-order chi connectivity index (χ0) is 21.2. The molecule has 7 heteroatoms. The lowest BCUT2D eigenvalue weighted by molar-refractivity contribution is -0.117. The molecule has 31 heavy (non-hydrogen) atoms. The number of nitrogens with zero attached hydrogens (tertiary/aromatic N) is 1. The molecule has 1 aromatic carbocycles. The van der Waals surface area contributed by atoms with Gasteiger partial charge in [0.25, 0.3) is 0 Å². The Morgan fingerprint density at radius 1 is 1.16 bits per heavy atom. The summed E-state index contributed by atoms with van der Waals surface area (Å²) in [5.74, 6) is -0.540. The lowest BCUT2D eigenvalue weighted by Crippen LogP contribution is -2.27. The maximum Gasteiger partial charge on any atom is 0.233 e. The second-order valence-corrected chi connectivity index (χ2v) is 8.21. The zero-order valence-electron chi connectivity index (χ0n) is 16.5. The van der Waals surface area contributed by atoms with E-state index < -0.39 is 5.92 Å². The van der Waals surface area contributed by atoms with Crippen molar-refractivity contribution in [2.45, 2.75) is 5.92 Å². The van der Waals surface area contributed by atoms with Crippen molar-refractivity contribution in [3.8, 4) is 21.6 Å². The predicted octanol–water partition coefficient (Wildman–Crippen LogP) is 5.23. The van der Waals surface area contributed by atoms with Gasteiger partial charge >= 0.3 is 0 Å². The molecule has 0 aliphatic rings. The number of aromatic amines is 1. The number of furan rings is 1. The van der Waals surface area contributed by atoms with Crippen LogP contribution in [0.2, 0.25) is 0 Å². The summed E-state index contributed by atoms with van der Waals surface area (Å²) in [5.41, 5.74) is 10.6. The molecule has 4 N–H and O–H groups in total. The lowest BCUT2D eigenvalue weighted by Gasteiger charge is -2.14. The number of carbonyl (C=O) groups excluding carboxylic acids is 1. The fourth-order valence-corrected chi connectivity index (χ4v) is 4.79. The first-order chi connectivity index (χ1) is 15.2. The number of pyridine rings is 1. The van der Waals surface area contributed by atoms with Gasteiger partial charge in [-0.2, -0.15) is 0 Å². The molecule has 0 fully saturated rings. The second-order valence-electron chi connectivity index (χ2n) is 7.16. The Kier molecular flexibility index (Phi) is 5.11. The molecule has 0 aliphatic carbocycles. The SMILES string of the molecule is NCC(C(=O)Nc1cc(-c2c[nH]c3ncccc23)c(-c2ccoc2)s1)c1ccccc1. The number of nitrogens with two attached hydrogens (primary N) is 1. The number of aromatic nitrogens is 2. The van der Waals surface area contributed by atoms with Crippen LogP contribution in [0.5, 0.6) is 0 Å². The minimum atomic E-state index is -0.415. The van der Waals surface area contributed by atoms with Gasteiger partial charge < -0.3 is 20.5 Å². The molecular weight excluding hydrogens is 408 g/mol. The van der Waals surface area contributed by atoms with E-state index in [1.807, 2.05) is 60.8 Å². The molecule has 1 atom stereocenters. The number of rotatable bonds is 6. The van der Waals surface area contributed by atoms with Crippen molar-refractivity contribution in [3.05, 3.63) is 85.1 Å². The molecule has 4 aromatic heterocycles. The van der Waals surface area contributed by atoms with Crippen molar-refractivity contribution in [3.63, 3.8) is 0 Å². The second kappa shape index (κ2) is 8.22. The van der Waals surface area contributed by atoms with Crippen molar-refractivity contribution in [2.75, 3.05) is 11.9 Å². The topological polar surface area (TPSA) is 96.9 Å². The Bertz CT molecular complexity index is 1320. The largest absolute Gasteiger partial charge is 0.472 e. The molecule has 0 aliphatic heterocycles. The molecule has 1 amide bonds. The minimum absolute atomic E-state index is 0.124.